The van der Waals surface area contributed by atoms with Gasteiger partial charge in [-0.3, -0.25) is 4.79 Å². The minimum Gasteiger partial charge on any atom is -0.469 e. The van der Waals surface area contributed by atoms with E-state index in [1.54, 1.807) is 11.8 Å². The quantitative estimate of drug-likeness (QED) is 0.687. The zero-order chi connectivity index (χ0) is 10.5. The third-order valence-corrected chi connectivity index (χ3v) is 3.27. The third-order valence-electron chi connectivity index (χ3n) is 1.58. The molecule has 0 rings (SSSR count). The number of ether oxygens (including phenoxy) is 1. The van der Waals surface area contributed by atoms with Crippen LogP contribution in [0.25, 0.3) is 0 Å². The second-order valence-corrected chi connectivity index (χ2v) is 4.90. The number of thioether (sulfide) groups is 1. The zero-order valence-electron chi connectivity index (χ0n) is 8.79. The van der Waals surface area contributed by atoms with Crippen molar-refractivity contribution in [2.45, 2.75) is 26.8 Å². The molecule has 0 aliphatic carbocycles. The number of carbonyl (C=O) groups excluding carboxylic acids is 1. The smallest absolute Gasteiger partial charge is 0.312 e. The second-order valence-electron chi connectivity index (χ2n) is 3.87. The van der Waals surface area contributed by atoms with Crippen LogP contribution in [0.5, 0.6) is 0 Å². The lowest BCUT2D eigenvalue weighted by molar-refractivity contribution is -0.149. The average Bonchev–Trinajstić information content (AvgIpc) is 2.01. The van der Waals surface area contributed by atoms with Crippen LogP contribution in [0.3, 0.4) is 0 Å². The van der Waals surface area contributed by atoms with Crippen LogP contribution >= 0.6 is 11.8 Å². The molecule has 0 aromatic carbocycles. The molecule has 0 amide bonds. The van der Waals surface area contributed by atoms with Crippen LogP contribution in [0.15, 0.2) is 0 Å². The number of methoxy groups -OCH3 is 1. The van der Waals surface area contributed by atoms with Crippen molar-refractivity contribution in [3.05, 3.63) is 0 Å². The molecule has 1 atom stereocenters. The maximum absolute atomic E-state index is 11.2. The van der Waals surface area contributed by atoms with E-state index in [0.29, 0.717) is 0 Å². The summed E-state index contributed by atoms with van der Waals surface area (Å²) in [4.78, 5) is 11.2. The van der Waals surface area contributed by atoms with Crippen molar-refractivity contribution >= 4 is 17.7 Å². The highest BCUT2D eigenvalue weighted by Gasteiger charge is 2.28. The minimum atomic E-state index is -0.408. The summed E-state index contributed by atoms with van der Waals surface area (Å²) in [7, 11) is 1.42. The first-order chi connectivity index (χ1) is 5.90. The lowest BCUT2D eigenvalue weighted by Gasteiger charge is -2.21. The van der Waals surface area contributed by atoms with Gasteiger partial charge in [0.15, 0.2) is 0 Å². The molecule has 0 radical (unpaired) electrons. The molecule has 0 saturated carbocycles. The summed E-state index contributed by atoms with van der Waals surface area (Å²) in [6, 6.07) is 0.179. The SMILES string of the molecule is COC(=O)C(C)(C)CSCC(C)N. The first kappa shape index (κ1) is 12.8. The summed E-state index contributed by atoms with van der Waals surface area (Å²) in [6.45, 7) is 5.72. The van der Waals surface area contributed by atoms with Gasteiger partial charge in [0.1, 0.15) is 0 Å². The van der Waals surface area contributed by atoms with Gasteiger partial charge in [0, 0.05) is 17.5 Å². The predicted octanol–water partition coefficient (Wildman–Crippen LogP) is 1.27. The molecule has 0 aromatic rings. The Bertz CT molecular complexity index is 169. The highest BCUT2D eigenvalue weighted by molar-refractivity contribution is 7.99. The van der Waals surface area contributed by atoms with Crippen LogP contribution in [0.4, 0.5) is 0 Å². The Morgan fingerprint density at radius 2 is 2.15 bits per heavy atom. The predicted molar refractivity (Wildman–Crippen MR) is 56.8 cm³/mol. The van der Waals surface area contributed by atoms with E-state index >= 15 is 0 Å². The highest BCUT2D eigenvalue weighted by Crippen LogP contribution is 2.23. The Kier molecular flexibility index (Phi) is 5.40. The Hall–Kier alpha value is -0.220. The number of carbonyl (C=O) groups is 1. The van der Waals surface area contributed by atoms with Crippen LogP contribution in [0, 0.1) is 5.41 Å². The van der Waals surface area contributed by atoms with Gasteiger partial charge < -0.3 is 10.5 Å². The second kappa shape index (κ2) is 5.50. The van der Waals surface area contributed by atoms with Crippen molar-refractivity contribution < 1.29 is 9.53 Å². The van der Waals surface area contributed by atoms with Gasteiger partial charge >= 0.3 is 5.97 Å². The van der Waals surface area contributed by atoms with Crippen molar-refractivity contribution in [3.8, 4) is 0 Å². The maximum Gasteiger partial charge on any atom is 0.312 e. The molecule has 0 fully saturated rings. The molecule has 78 valence electrons. The monoisotopic (exact) mass is 205 g/mol. The lowest BCUT2D eigenvalue weighted by Crippen LogP contribution is -2.29. The summed E-state index contributed by atoms with van der Waals surface area (Å²) in [5.74, 6) is 1.46. The van der Waals surface area contributed by atoms with Gasteiger partial charge in [0.2, 0.25) is 0 Å². The fourth-order valence-electron chi connectivity index (χ4n) is 0.835. The maximum atomic E-state index is 11.2. The van der Waals surface area contributed by atoms with Crippen LogP contribution in [0.1, 0.15) is 20.8 Å². The van der Waals surface area contributed by atoms with Crippen molar-refractivity contribution in [2.75, 3.05) is 18.6 Å². The number of esters is 1. The van der Waals surface area contributed by atoms with E-state index in [1.807, 2.05) is 20.8 Å². The lowest BCUT2D eigenvalue weighted by atomic mass is 9.97. The molecular weight excluding hydrogens is 186 g/mol. The standard InChI is InChI=1S/C9H19NO2S/c1-7(10)5-13-6-9(2,3)8(11)12-4/h7H,5-6,10H2,1-4H3. The molecule has 3 nitrogen and oxygen atoms in total. The van der Waals surface area contributed by atoms with E-state index in [0.717, 1.165) is 11.5 Å². The molecule has 1 unspecified atom stereocenters. The largest absolute Gasteiger partial charge is 0.469 e. The summed E-state index contributed by atoms with van der Waals surface area (Å²) < 4.78 is 4.69. The number of hydrogen-bond acceptors (Lipinski definition) is 4. The topological polar surface area (TPSA) is 52.3 Å². The fraction of sp³-hybridized carbons (Fsp3) is 0.889. The molecule has 4 heteroatoms. The highest BCUT2D eigenvalue weighted by atomic mass is 32.2. The van der Waals surface area contributed by atoms with Crippen molar-refractivity contribution in [1.82, 2.24) is 0 Å². The molecular formula is C9H19NO2S. The van der Waals surface area contributed by atoms with Gasteiger partial charge in [0.05, 0.1) is 12.5 Å². The van der Waals surface area contributed by atoms with Crippen molar-refractivity contribution in [1.29, 1.82) is 0 Å². The van der Waals surface area contributed by atoms with Crippen LogP contribution in [0.2, 0.25) is 0 Å². The van der Waals surface area contributed by atoms with Crippen molar-refractivity contribution in [2.24, 2.45) is 11.1 Å². The van der Waals surface area contributed by atoms with Gasteiger partial charge in [0.25, 0.3) is 0 Å². The number of rotatable bonds is 5. The van der Waals surface area contributed by atoms with Crippen LogP contribution in [-0.4, -0.2) is 30.6 Å². The van der Waals surface area contributed by atoms with Gasteiger partial charge in [-0.25, -0.2) is 0 Å². The van der Waals surface area contributed by atoms with Crippen LogP contribution < -0.4 is 5.73 Å². The van der Waals surface area contributed by atoms with E-state index in [4.69, 9.17) is 5.73 Å². The molecule has 0 saturated heterocycles. The first-order valence-electron chi connectivity index (χ1n) is 4.32. The van der Waals surface area contributed by atoms with Crippen molar-refractivity contribution in [3.63, 3.8) is 0 Å². The molecule has 13 heavy (non-hydrogen) atoms. The Morgan fingerprint density at radius 3 is 2.54 bits per heavy atom. The van der Waals surface area contributed by atoms with Gasteiger partial charge in [-0.1, -0.05) is 0 Å². The van der Waals surface area contributed by atoms with Crippen LogP contribution in [-0.2, 0) is 9.53 Å². The van der Waals surface area contributed by atoms with Gasteiger partial charge in [-0.2, -0.15) is 11.8 Å². The molecule has 0 aliphatic heterocycles. The Morgan fingerprint density at radius 1 is 1.62 bits per heavy atom. The van der Waals surface area contributed by atoms with E-state index < -0.39 is 5.41 Å². The summed E-state index contributed by atoms with van der Waals surface area (Å²) in [6.07, 6.45) is 0. The fourth-order valence-corrected chi connectivity index (χ4v) is 1.95. The normalized spacial score (nSPS) is 13.9. The van der Waals surface area contributed by atoms with E-state index in [-0.39, 0.29) is 12.0 Å². The van der Waals surface area contributed by atoms with Gasteiger partial charge in [-0.15, -0.1) is 0 Å². The molecule has 0 aromatic heterocycles. The van der Waals surface area contributed by atoms with E-state index in [1.165, 1.54) is 7.11 Å². The molecule has 0 heterocycles. The average molecular weight is 205 g/mol. The Labute approximate surface area is 84.4 Å². The Balaban J connectivity index is 3.82. The molecule has 0 spiro atoms. The summed E-state index contributed by atoms with van der Waals surface area (Å²) in [5.41, 5.74) is 5.18. The zero-order valence-corrected chi connectivity index (χ0v) is 9.61. The van der Waals surface area contributed by atoms with Gasteiger partial charge in [-0.05, 0) is 20.8 Å². The number of hydrogen-bond donors (Lipinski definition) is 1. The third kappa shape index (κ3) is 5.16. The minimum absolute atomic E-state index is 0.162. The van der Waals surface area contributed by atoms with E-state index in [2.05, 4.69) is 4.74 Å². The summed E-state index contributed by atoms with van der Waals surface area (Å²) in [5, 5.41) is 0. The first-order valence-corrected chi connectivity index (χ1v) is 5.47. The van der Waals surface area contributed by atoms with E-state index in [9.17, 15) is 4.79 Å². The molecule has 0 bridgehead atoms. The summed E-state index contributed by atoms with van der Waals surface area (Å²) >= 11 is 1.69. The molecule has 0 aliphatic rings. The number of nitrogens with two attached hydrogens (primary N) is 1. The molecule has 2 N–H and O–H groups in total.